The van der Waals surface area contributed by atoms with E-state index in [9.17, 15) is 8.42 Å². The molecule has 1 atom stereocenters. The second kappa shape index (κ2) is 7.02. The van der Waals surface area contributed by atoms with E-state index in [4.69, 9.17) is 0 Å². The highest BCUT2D eigenvalue weighted by atomic mass is 32.2. The number of piperazine rings is 1. The van der Waals surface area contributed by atoms with Crippen LogP contribution in [0, 0.1) is 5.92 Å². The van der Waals surface area contributed by atoms with Gasteiger partial charge >= 0.3 is 0 Å². The molecule has 1 N–H and O–H groups in total. The maximum absolute atomic E-state index is 11.5. The van der Waals surface area contributed by atoms with Gasteiger partial charge in [0.1, 0.15) is 0 Å². The fraction of sp³-hybridized carbons (Fsp3) is 1.00. The van der Waals surface area contributed by atoms with Gasteiger partial charge in [-0.25, -0.2) is 8.42 Å². The van der Waals surface area contributed by atoms with Crippen LogP contribution in [-0.2, 0) is 10.0 Å². The predicted octanol–water partition coefficient (Wildman–Crippen LogP) is 0.586. The van der Waals surface area contributed by atoms with E-state index in [1.54, 1.807) is 4.31 Å². The van der Waals surface area contributed by atoms with Crippen LogP contribution in [0.5, 0.6) is 0 Å². The molecule has 1 rings (SSSR count). The van der Waals surface area contributed by atoms with Crippen LogP contribution in [0.3, 0.4) is 0 Å². The van der Waals surface area contributed by atoms with Crippen molar-refractivity contribution in [3.63, 3.8) is 0 Å². The van der Waals surface area contributed by atoms with Gasteiger partial charge in [-0.3, -0.25) is 4.90 Å². The Morgan fingerprint density at radius 2 is 1.58 bits per heavy atom. The van der Waals surface area contributed by atoms with Gasteiger partial charge in [0.05, 0.1) is 6.26 Å². The maximum Gasteiger partial charge on any atom is 0.211 e. The zero-order valence-electron chi connectivity index (χ0n) is 12.9. The molecule has 114 valence electrons. The molecular weight excluding hydrogens is 262 g/mol. The summed E-state index contributed by atoms with van der Waals surface area (Å²) in [6, 6.07) is 0.961. The summed E-state index contributed by atoms with van der Waals surface area (Å²) in [5, 5.41) is 3.49. The number of hydrogen-bond donors (Lipinski definition) is 1. The Bertz CT molecular complexity index is 360. The van der Waals surface area contributed by atoms with Crippen molar-refractivity contribution in [1.82, 2.24) is 14.5 Å². The van der Waals surface area contributed by atoms with Gasteiger partial charge in [0.25, 0.3) is 0 Å². The van der Waals surface area contributed by atoms with Gasteiger partial charge in [0, 0.05) is 44.8 Å². The first-order chi connectivity index (χ1) is 8.71. The van der Waals surface area contributed by atoms with Crippen molar-refractivity contribution in [3.05, 3.63) is 0 Å². The molecule has 5 nitrogen and oxygen atoms in total. The Morgan fingerprint density at radius 3 is 1.95 bits per heavy atom. The van der Waals surface area contributed by atoms with Crippen LogP contribution >= 0.6 is 0 Å². The Morgan fingerprint density at radius 1 is 1.05 bits per heavy atom. The molecule has 0 spiro atoms. The molecule has 1 saturated heterocycles. The second-order valence-electron chi connectivity index (χ2n) is 6.07. The van der Waals surface area contributed by atoms with E-state index in [-0.39, 0.29) is 0 Å². The third-order valence-electron chi connectivity index (χ3n) is 3.72. The first kappa shape index (κ1) is 16.9. The Labute approximate surface area is 118 Å². The summed E-state index contributed by atoms with van der Waals surface area (Å²) >= 11 is 0. The fourth-order valence-electron chi connectivity index (χ4n) is 2.51. The minimum Gasteiger partial charge on any atom is -0.313 e. The van der Waals surface area contributed by atoms with Crippen molar-refractivity contribution in [2.24, 2.45) is 5.92 Å². The van der Waals surface area contributed by atoms with Crippen LogP contribution in [-0.4, -0.2) is 68.7 Å². The fourth-order valence-corrected chi connectivity index (χ4v) is 3.34. The lowest BCUT2D eigenvalue weighted by atomic mass is 10.0. The second-order valence-corrected chi connectivity index (χ2v) is 8.05. The number of sulfonamides is 1. The minimum atomic E-state index is -3.03. The van der Waals surface area contributed by atoms with E-state index in [0.29, 0.717) is 31.1 Å². The van der Waals surface area contributed by atoms with Gasteiger partial charge in [0.2, 0.25) is 10.0 Å². The van der Waals surface area contributed by atoms with E-state index in [1.165, 1.54) is 6.26 Å². The maximum atomic E-state index is 11.5. The first-order valence-electron chi connectivity index (χ1n) is 7.14. The van der Waals surface area contributed by atoms with E-state index in [1.807, 2.05) is 0 Å². The highest BCUT2D eigenvalue weighted by Gasteiger charge is 2.28. The van der Waals surface area contributed by atoms with Crippen molar-refractivity contribution in [2.45, 2.75) is 39.8 Å². The average molecular weight is 291 g/mol. The van der Waals surface area contributed by atoms with Crippen molar-refractivity contribution in [1.29, 1.82) is 0 Å². The summed E-state index contributed by atoms with van der Waals surface area (Å²) in [7, 11) is -3.03. The Kier molecular flexibility index (Phi) is 6.23. The molecule has 1 unspecified atom stereocenters. The van der Waals surface area contributed by atoms with Crippen LogP contribution in [0.4, 0.5) is 0 Å². The SMILES string of the molecule is CC(C)NCC(C(C)C)N1CCN(S(C)(=O)=O)CC1. The van der Waals surface area contributed by atoms with Gasteiger partial charge in [0.15, 0.2) is 0 Å². The summed E-state index contributed by atoms with van der Waals surface area (Å²) in [4.78, 5) is 2.42. The van der Waals surface area contributed by atoms with E-state index in [0.717, 1.165) is 19.6 Å². The van der Waals surface area contributed by atoms with E-state index < -0.39 is 10.0 Å². The zero-order valence-corrected chi connectivity index (χ0v) is 13.7. The summed E-state index contributed by atoms with van der Waals surface area (Å²) in [5.41, 5.74) is 0. The van der Waals surface area contributed by atoms with Crippen molar-refractivity contribution in [2.75, 3.05) is 39.0 Å². The summed E-state index contributed by atoms with van der Waals surface area (Å²) in [6.45, 7) is 12.6. The molecular formula is C13H29N3O2S. The Hall–Kier alpha value is -0.170. The standard InChI is InChI=1S/C13H29N3O2S/c1-11(2)13(10-14-12(3)4)15-6-8-16(9-7-15)19(5,17)18/h11-14H,6-10H2,1-5H3. The molecule has 19 heavy (non-hydrogen) atoms. The molecule has 0 saturated carbocycles. The molecule has 1 aliphatic rings. The lowest BCUT2D eigenvalue weighted by molar-refractivity contribution is 0.106. The van der Waals surface area contributed by atoms with Crippen LogP contribution in [0.15, 0.2) is 0 Å². The van der Waals surface area contributed by atoms with Crippen molar-refractivity contribution >= 4 is 10.0 Å². The van der Waals surface area contributed by atoms with Gasteiger partial charge < -0.3 is 5.32 Å². The van der Waals surface area contributed by atoms with Crippen LogP contribution in [0.25, 0.3) is 0 Å². The lowest BCUT2D eigenvalue weighted by Crippen LogP contribution is -2.55. The van der Waals surface area contributed by atoms with Gasteiger partial charge in [-0.2, -0.15) is 4.31 Å². The molecule has 0 radical (unpaired) electrons. The summed E-state index contributed by atoms with van der Waals surface area (Å²) < 4.78 is 24.6. The molecule has 1 heterocycles. The van der Waals surface area contributed by atoms with Crippen molar-refractivity contribution < 1.29 is 8.42 Å². The molecule has 0 amide bonds. The highest BCUT2D eigenvalue weighted by molar-refractivity contribution is 7.88. The first-order valence-corrected chi connectivity index (χ1v) is 8.99. The van der Waals surface area contributed by atoms with Gasteiger partial charge in [-0.15, -0.1) is 0 Å². The third kappa shape index (κ3) is 5.38. The number of hydrogen-bond acceptors (Lipinski definition) is 4. The monoisotopic (exact) mass is 291 g/mol. The minimum absolute atomic E-state index is 0.476. The molecule has 0 bridgehead atoms. The Balaban J connectivity index is 2.55. The zero-order chi connectivity index (χ0) is 14.6. The smallest absolute Gasteiger partial charge is 0.211 e. The molecule has 0 aromatic carbocycles. The number of rotatable bonds is 6. The highest BCUT2D eigenvalue weighted by Crippen LogP contribution is 2.15. The molecule has 0 aromatic rings. The van der Waals surface area contributed by atoms with E-state index >= 15 is 0 Å². The molecule has 0 aromatic heterocycles. The van der Waals surface area contributed by atoms with Crippen molar-refractivity contribution in [3.8, 4) is 0 Å². The van der Waals surface area contributed by atoms with Gasteiger partial charge in [-0.05, 0) is 5.92 Å². The molecule has 6 heteroatoms. The largest absolute Gasteiger partial charge is 0.313 e. The summed E-state index contributed by atoms with van der Waals surface area (Å²) in [6.07, 6.45) is 1.29. The normalized spacial score (nSPS) is 21.2. The van der Waals surface area contributed by atoms with Crippen LogP contribution < -0.4 is 5.32 Å². The molecule has 0 aliphatic carbocycles. The average Bonchev–Trinajstić information content (AvgIpc) is 2.27. The lowest BCUT2D eigenvalue weighted by Gasteiger charge is -2.40. The molecule has 1 aliphatic heterocycles. The molecule has 1 fully saturated rings. The van der Waals surface area contributed by atoms with Gasteiger partial charge in [-0.1, -0.05) is 27.7 Å². The predicted molar refractivity (Wildman–Crippen MR) is 79.8 cm³/mol. The number of nitrogens with one attached hydrogen (secondary N) is 1. The summed E-state index contributed by atoms with van der Waals surface area (Å²) in [5.74, 6) is 0.566. The third-order valence-corrected chi connectivity index (χ3v) is 5.02. The topological polar surface area (TPSA) is 52.6 Å². The van der Waals surface area contributed by atoms with E-state index in [2.05, 4.69) is 37.9 Å². The van der Waals surface area contributed by atoms with Crippen LogP contribution in [0.2, 0.25) is 0 Å². The number of nitrogens with zero attached hydrogens (tertiary/aromatic N) is 2. The quantitative estimate of drug-likeness (QED) is 0.778. The van der Waals surface area contributed by atoms with Crippen LogP contribution in [0.1, 0.15) is 27.7 Å².